The zero-order chi connectivity index (χ0) is 18.0. The number of aryl methyl sites for hydroxylation is 1. The highest BCUT2D eigenvalue weighted by molar-refractivity contribution is 9.10. The van der Waals surface area contributed by atoms with Crippen molar-refractivity contribution in [2.45, 2.75) is 20.4 Å². The molecule has 0 saturated carbocycles. The van der Waals surface area contributed by atoms with Crippen molar-refractivity contribution >= 4 is 33.2 Å². The zero-order valence-corrected chi connectivity index (χ0v) is 16.2. The van der Waals surface area contributed by atoms with E-state index in [-0.39, 0.29) is 5.56 Å². The summed E-state index contributed by atoms with van der Waals surface area (Å²) in [7, 11) is 0. The molecule has 3 nitrogen and oxygen atoms in total. The fourth-order valence-corrected chi connectivity index (χ4v) is 3.97. The topological polar surface area (TPSA) is 34.4 Å². The van der Waals surface area contributed by atoms with Crippen LogP contribution >= 0.6 is 27.3 Å². The van der Waals surface area contributed by atoms with Crippen molar-refractivity contribution < 1.29 is 9.18 Å². The first-order chi connectivity index (χ1) is 12.0. The molecule has 2 aromatic carbocycles. The molecule has 0 unspecified atom stereocenters. The molecule has 0 spiro atoms. The molecule has 0 fully saturated rings. The summed E-state index contributed by atoms with van der Waals surface area (Å²) in [6.45, 7) is 4.67. The van der Waals surface area contributed by atoms with Crippen molar-refractivity contribution in [1.29, 1.82) is 0 Å². The van der Waals surface area contributed by atoms with Crippen molar-refractivity contribution in [3.63, 3.8) is 0 Å². The van der Waals surface area contributed by atoms with Gasteiger partial charge in [0.15, 0.2) is 4.80 Å². The Morgan fingerprint density at radius 2 is 1.88 bits per heavy atom. The maximum Gasteiger partial charge on any atom is 0.282 e. The van der Waals surface area contributed by atoms with Crippen LogP contribution in [0.15, 0.2) is 58.0 Å². The number of aromatic nitrogens is 1. The molecule has 0 radical (unpaired) electrons. The Balaban J connectivity index is 2.12. The van der Waals surface area contributed by atoms with E-state index in [0.29, 0.717) is 11.3 Å². The molecule has 0 aliphatic heterocycles. The molecule has 1 heterocycles. The predicted octanol–water partition coefficient (Wildman–Crippen LogP) is 5.19. The zero-order valence-electron chi connectivity index (χ0n) is 13.8. The standard InChI is InChI=1S/C19H16BrFN2OS/c1-3-23-17(13-8-10-14(20)11-9-13)12(2)25-19(23)22-18(24)15-6-4-5-7-16(15)21/h4-11H,3H2,1-2H3. The number of nitrogens with zero attached hydrogens (tertiary/aromatic N) is 2. The highest BCUT2D eigenvalue weighted by atomic mass is 79.9. The van der Waals surface area contributed by atoms with E-state index < -0.39 is 11.7 Å². The van der Waals surface area contributed by atoms with Gasteiger partial charge in [-0.15, -0.1) is 11.3 Å². The van der Waals surface area contributed by atoms with E-state index in [0.717, 1.165) is 20.6 Å². The minimum absolute atomic E-state index is 0.0126. The quantitative estimate of drug-likeness (QED) is 0.576. The summed E-state index contributed by atoms with van der Waals surface area (Å²) < 4.78 is 16.8. The average Bonchev–Trinajstić information content (AvgIpc) is 2.91. The fourth-order valence-electron chi connectivity index (χ4n) is 2.65. The molecular weight excluding hydrogens is 403 g/mol. The second-order valence-corrected chi connectivity index (χ2v) is 7.53. The van der Waals surface area contributed by atoms with Gasteiger partial charge < -0.3 is 4.57 Å². The average molecular weight is 419 g/mol. The van der Waals surface area contributed by atoms with Gasteiger partial charge in [-0.1, -0.05) is 40.2 Å². The number of benzene rings is 2. The fraction of sp³-hybridized carbons (Fsp3) is 0.158. The number of halogens is 2. The summed E-state index contributed by atoms with van der Waals surface area (Å²) in [5, 5.41) is 0. The van der Waals surface area contributed by atoms with Crippen LogP contribution in [-0.2, 0) is 6.54 Å². The van der Waals surface area contributed by atoms with Gasteiger partial charge in [-0.2, -0.15) is 4.99 Å². The Labute approximate surface area is 157 Å². The lowest BCUT2D eigenvalue weighted by Gasteiger charge is -2.07. The van der Waals surface area contributed by atoms with Crippen molar-refractivity contribution in [3.8, 4) is 11.3 Å². The first-order valence-corrected chi connectivity index (χ1v) is 9.42. The molecule has 1 amide bonds. The molecule has 0 atom stereocenters. The third kappa shape index (κ3) is 3.65. The van der Waals surface area contributed by atoms with Crippen LogP contribution in [-0.4, -0.2) is 10.5 Å². The van der Waals surface area contributed by atoms with Crippen LogP contribution in [0.4, 0.5) is 4.39 Å². The maximum absolute atomic E-state index is 13.8. The summed E-state index contributed by atoms with van der Waals surface area (Å²) in [5.74, 6) is -1.12. The summed E-state index contributed by atoms with van der Waals surface area (Å²) in [6, 6.07) is 13.9. The molecule has 0 aliphatic rings. The van der Waals surface area contributed by atoms with Crippen molar-refractivity contribution in [2.75, 3.05) is 0 Å². The molecule has 0 aliphatic carbocycles. The molecule has 25 heavy (non-hydrogen) atoms. The van der Waals surface area contributed by atoms with Gasteiger partial charge in [0.2, 0.25) is 0 Å². The largest absolute Gasteiger partial charge is 0.316 e. The Morgan fingerprint density at radius 1 is 1.20 bits per heavy atom. The minimum Gasteiger partial charge on any atom is -0.316 e. The Bertz CT molecular complexity index is 989. The molecule has 3 rings (SSSR count). The van der Waals surface area contributed by atoms with Gasteiger partial charge in [0.25, 0.3) is 5.91 Å². The lowest BCUT2D eigenvalue weighted by molar-refractivity contribution is 0.0994. The lowest BCUT2D eigenvalue weighted by Crippen LogP contribution is -2.17. The number of rotatable bonds is 3. The second kappa shape index (κ2) is 7.45. The molecule has 128 valence electrons. The van der Waals surface area contributed by atoms with Gasteiger partial charge in [0.05, 0.1) is 11.3 Å². The van der Waals surface area contributed by atoms with E-state index in [1.54, 1.807) is 12.1 Å². The minimum atomic E-state index is -0.566. The summed E-state index contributed by atoms with van der Waals surface area (Å²) in [6.07, 6.45) is 0. The highest BCUT2D eigenvalue weighted by Crippen LogP contribution is 2.26. The molecule has 6 heteroatoms. The van der Waals surface area contributed by atoms with E-state index in [1.807, 2.05) is 42.7 Å². The van der Waals surface area contributed by atoms with Gasteiger partial charge in [-0.3, -0.25) is 4.79 Å². The smallest absolute Gasteiger partial charge is 0.282 e. The Kier molecular flexibility index (Phi) is 5.30. The predicted molar refractivity (Wildman–Crippen MR) is 102 cm³/mol. The number of carbonyl (C=O) groups excluding carboxylic acids is 1. The third-order valence-corrected chi connectivity index (χ3v) is 5.34. The van der Waals surface area contributed by atoms with E-state index >= 15 is 0 Å². The lowest BCUT2D eigenvalue weighted by atomic mass is 10.1. The normalized spacial score (nSPS) is 11.8. The molecule has 3 aromatic rings. The molecular formula is C19H16BrFN2OS. The third-order valence-electron chi connectivity index (χ3n) is 3.81. The van der Waals surface area contributed by atoms with Crippen molar-refractivity contribution in [3.05, 3.63) is 74.1 Å². The van der Waals surface area contributed by atoms with Crippen molar-refractivity contribution in [1.82, 2.24) is 4.57 Å². The van der Waals surface area contributed by atoms with Gasteiger partial charge in [0, 0.05) is 15.9 Å². The molecule has 1 aromatic heterocycles. The van der Waals surface area contributed by atoms with E-state index in [1.165, 1.54) is 23.5 Å². The summed E-state index contributed by atoms with van der Waals surface area (Å²) in [5.41, 5.74) is 2.07. The van der Waals surface area contributed by atoms with Gasteiger partial charge in [0.1, 0.15) is 5.82 Å². The number of amides is 1. The SMILES string of the molecule is CCn1c(-c2ccc(Br)cc2)c(C)sc1=NC(=O)c1ccccc1F. The van der Waals surface area contributed by atoms with Crippen LogP contribution in [0, 0.1) is 12.7 Å². The molecule has 0 saturated heterocycles. The monoisotopic (exact) mass is 418 g/mol. The Morgan fingerprint density at radius 3 is 2.52 bits per heavy atom. The number of hydrogen-bond donors (Lipinski definition) is 0. The van der Waals surface area contributed by atoms with E-state index in [4.69, 9.17) is 0 Å². The highest BCUT2D eigenvalue weighted by Gasteiger charge is 2.14. The van der Waals surface area contributed by atoms with Crippen LogP contribution < -0.4 is 4.80 Å². The van der Waals surface area contributed by atoms with Gasteiger partial charge in [-0.25, -0.2) is 4.39 Å². The Hall–Kier alpha value is -2.05. The molecule has 0 bridgehead atoms. The number of thiazole rings is 1. The number of carbonyl (C=O) groups is 1. The van der Waals surface area contributed by atoms with Crippen molar-refractivity contribution in [2.24, 2.45) is 4.99 Å². The van der Waals surface area contributed by atoms with Crippen LogP contribution in [0.5, 0.6) is 0 Å². The van der Waals surface area contributed by atoms with Crippen LogP contribution in [0.3, 0.4) is 0 Å². The molecule has 0 N–H and O–H groups in total. The summed E-state index contributed by atoms with van der Waals surface area (Å²) in [4.78, 5) is 18.2. The summed E-state index contributed by atoms with van der Waals surface area (Å²) >= 11 is 4.87. The maximum atomic E-state index is 13.8. The second-order valence-electron chi connectivity index (χ2n) is 5.44. The first-order valence-electron chi connectivity index (χ1n) is 7.81. The first kappa shape index (κ1) is 17.8. The van der Waals surface area contributed by atoms with Crippen LogP contribution in [0.1, 0.15) is 22.2 Å². The van der Waals surface area contributed by atoms with Gasteiger partial charge in [-0.05, 0) is 43.7 Å². The number of hydrogen-bond acceptors (Lipinski definition) is 2. The van der Waals surface area contributed by atoms with E-state index in [9.17, 15) is 9.18 Å². The van der Waals surface area contributed by atoms with E-state index in [2.05, 4.69) is 20.9 Å². The van der Waals surface area contributed by atoms with Gasteiger partial charge >= 0.3 is 0 Å². The van der Waals surface area contributed by atoms with Crippen LogP contribution in [0.2, 0.25) is 0 Å². The van der Waals surface area contributed by atoms with Crippen LogP contribution in [0.25, 0.3) is 11.3 Å².